The second-order valence-electron chi connectivity index (χ2n) is 5.43. The van der Waals surface area contributed by atoms with Crippen LogP contribution in [0.1, 0.15) is 31.0 Å². The maximum absolute atomic E-state index is 12.0. The molecular weight excluding hydrogens is 291 g/mol. The van der Waals surface area contributed by atoms with E-state index in [1.54, 1.807) is 12.3 Å². The van der Waals surface area contributed by atoms with Gasteiger partial charge in [0.1, 0.15) is 6.61 Å². The SMILES string of the molecule is CC(C)c1cccc(-c2ccc(COCC(F)(F)F)nc2)c1. The van der Waals surface area contributed by atoms with Crippen molar-refractivity contribution in [1.29, 1.82) is 0 Å². The van der Waals surface area contributed by atoms with Crippen molar-refractivity contribution in [3.8, 4) is 11.1 Å². The van der Waals surface area contributed by atoms with Crippen molar-refractivity contribution < 1.29 is 17.9 Å². The molecule has 0 aliphatic carbocycles. The van der Waals surface area contributed by atoms with Crippen LogP contribution in [0.2, 0.25) is 0 Å². The van der Waals surface area contributed by atoms with Crippen molar-refractivity contribution in [3.63, 3.8) is 0 Å². The van der Waals surface area contributed by atoms with Gasteiger partial charge in [-0.05, 0) is 23.1 Å². The monoisotopic (exact) mass is 309 g/mol. The zero-order valence-electron chi connectivity index (χ0n) is 12.5. The highest BCUT2D eigenvalue weighted by molar-refractivity contribution is 5.63. The van der Waals surface area contributed by atoms with Gasteiger partial charge in [-0.1, -0.05) is 44.2 Å². The molecule has 118 valence electrons. The van der Waals surface area contributed by atoms with E-state index in [9.17, 15) is 13.2 Å². The molecule has 22 heavy (non-hydrogen) atoms. The fourth-order valence-electron chi connectivity index (χ4n) is 2.03. The number of alkyl halides is 3. The first kappa shape index (κ1) is 16.5. The number of nitrogens with zero attached hydrogens (tertiary/aromatic N) is 1. The zero-order chi connectivity index (χ0) is 16.2. The number of hydrogen-bond donors (Lipinski definition) is 0. The van der Waals surface area contributed by atoms with Crippen LogP contribution in [0.25, 0.3) is 11.1 Å². The Bertz CT molecular complexity index is 606. The van der Waals surface area contributed by atoms with Gasteiger partial charge in [-0.25, -0.2) is 0 Å². The van der Waals surface area contributed by atoms with Crippen molar-refractivity contribution in [2.75, 3.05) is 6.61 Å². The van der Waals surface area contributed by atoms with E-state index >= 15 is 0 Å². The molecule has 0 bridgehead atoms. The Morgan fingerprint density at radius 2 is 1.86 bits per heavy atom. The fourth-order valence-corrected chi connectivity index (χ4v) is 2.03. The Labute approximate surface area is 128 Å². The second kappa shape index (κ2) is 6.92. The van der Waals surface area contributed by atoms with Gasteiger partial charge in [0.2, 0.25) is 0 Å². The molecule has 1 heterocycles. The number of pyridine rings is 1. The van der Waals surface area contributed by atoms with E-state index in [0.717, 1.165) is 11.1 Å². The molecule has 0 N–H and O–H groups in total. The average molecular weight is 309 g/mol. The normalized spacial score (nSPS) is 11.9. The van der Waals surface area contributed by atoms with Crippen molar-refractivity contribution in [1.82, 2.24) is 4.98 Å². The maximum Gasteiger partial charge on any atom is 0.411 e. The standard InChI is InChI=1S/C17H18F3NO/c1-12(2)13-4-3-5-14(8-13)15-6-7-16(21-9-15)10-22-11-17(18,19)20/h3-9,12H,10-11H2,1-2H3. The highest BCUT2D eigenvalue weighted by Crippen LogP contribution is 2.23. The van der Waals surface area contributed by atoms with E-state index < -0.39 is 12.8 Å². The first-order valence-corrected chi connectivity index (χ1v) is 7.05. The minimum atomic E-state index is -4.31. The van der Waals surface area contributed by atoms with E-state index in [-0.39, 0.29) is 6.61 Å². The van der Waals surface area contributed by atoms with Crippen LogP contribution in [0.3, 0.4) is 0 Å². The van der Waals surface area contributed by atoms with Crippen LogP contribution < -0.4 is 0 Å². The predicted octanol–water partition coefficient (Wildman–Crippen LogP) is 4.95. The van der Waals surface area contributed by atoms with Crippen LogP contribution in [0, 0.1) is 0 Å². The number of ether oxygens (including phenoxy) is 1. The first-order chi connectivity index (χ1) is 10.3. The maximum atomic E-state index is 12.0. The fraction of sp³-hybridized carbons (Fsp3) is 0.353. The summed E-state index contributed by atoms with van der Waals surface area (Å²) in [7, 11) is 0. The number of aromatic nitrogens is 1. The Kier molecular flexibility index (Phi) is 5.19. The number of halogens is 3. The van der Waals surface area contributed by atoms with Crippen LogP contribution in [0.5, 0.6) is 0 Å². The number of hydrogen-bond acceptors (Lipinski definition) is 2. The number of rotatable bonds is 5. The third-order valence-electron chi connectivity index (χ3n) is 3.23. The Hall–Kier alpha value is -1.88. The topological polar surface area (TPSA) is 22.1 Å². The quantitative estimate of drug-likeness (QED) is 0.779. The summed E-state index contributed by atoms with van der Waals surface area (Å²) in [4.78, 5) is 4.16. The first-order valence-electron chi connectivity index (χ1n) is 7.05. The van der Waals surface area contributed by atoms with E-state index in [1.165, 1.54) is 5.56 Å². The van der Waals surface area contributed by atoms with Gasteiger partial charge < -0.3 is 4.74 Å². The molecule has 0 saturated carbocycles. The molecule has 0 unspecified atom stereocenters. The van der Waals surface area contributed by atoms with E-state index in [1.807, 2.05) is 18.2 Å². The van der Waals surface area contributed by atoms with Gasteiger partial charge in [0.05, 0.1) is 12.3 Å². The lowest BCUT2D eigenvalue weighted by atomic mass is 9.98. The highest BCUT2D eigenvalue weighted by atomic mass is 19.4. The smallest absolute Gasteiger partial charge is 0.366 e. The Morgan fingerprint density at radius 3 is 2.45 bits per heavy atom. The predicted molar refractivity (Wildman–Crippen MR) is 79.5 cm³/mol. The van der Waals surface area contributed by atoms with Gasteiger partial charge in [0.15, 0.2) is 0 Å². The minimum Gasteiger partial charge on any atom is -0.366 e. The molecule has 0 aliphatic heterocycles. The van der Waals surface area contributed by atoms with Crippen LogP contribution in [0.4, 0.5) is 13.2 Å². The molecule has 0 spiro atoms. The van der Waals surface area contributed by atoms with Crippen LogP contribution >= 0.6 is 0 Å². The molecular formula is C17H18F3NO. The molecule has 0 radical (unpaired) electrons. The molecule has 1 aromatic carbocycles. The van der Waals surface area contributed by atoms with Crippen molar-refractivity contribution >= 4 is 0 Å². The summed E-state index contributed by atoms with van der Waals surface area (Å²) >= 11 is 0. The summed E-state index contributed by atoms with van der Waals surface area (Å²) in [5, 5.41) is 0. The van der Waals surface area contributed by atoms with E-state index in [2.05, 4.69) is 35.7 Å². The molecule has 2 rings (SSSR count). The number of benzene rings is 1. The lowest BCUT2D eigenvalue weighted by Gasteiger charge is -2.09. The highest BCUT2D eigenvalue weighted by Gasteiger charge is 2.27. The molecule has 0 fully saturated rings. The minimum absolute atomic E-state index is 0.147. The molecule has 0 atom stereocenters. The summed E-state index contributed by atoms with van der Waals surface area (Å²) in [6.07, 6.45) is -2.65. The van der Waals surface area contributed by atoms with Crippen molar-refractivity contribution in [2.45, 2.75) is 32.5 Å². The van der Waals surface area contributed by atoms with Crippen LogP contribution in [-0.2, 0) is 11.3 Å². The molecule has 2 nitrogen and oxygen atoms in total. The summed E-state index contributed by atoms with van der Waals surface area (Å²) < 4.78 is 40.6. The summed E-state index contributed by atoms with van der Waals surface area (Å²) in [5.74, 6) is 0.433. The van der Waals surface area contributed by atoms with Crippen molar-refractivity contribution in [2.24, 2.45) is 0 Å². The van der Waals surface area contributed by atoms with Gasteiger partial charge in [0.25, 0.3) is 0 Å². The van der Waals surface area contributed by atoms with Gasteiger partial charge in [-0.3, -0.25) is 4.98 Å². The third-order valence-corrected chi connectivity index (χ3v) is 3.23. The van der Waals surface area contributed by atoms with E-state index in [0.29, 0.717) is 11.6 Å². The third kappa shape index (κ3) is 4.84. The van der Waals surface area contributed by atoms with Crippen molar-refractivity contribution in [3.05, 3.63) is 53.9 Å². The summed E-state index contributed by atoms with van der Waals surface area (Å²) in [6.45, 7) is 2.84. The Balaban J connectivity index is 2.04. The molecule has 5 heteroatoms. The van der Waals surface area contributed by atoms with Gasteiger partial charge in [-0.2, -0.15) is 13.2 Å². The molecule has 2 aromatic rings. The van der Waals surface area contributed by atoms with E-state index in [4.69, 9.17) is 0 Å². The van der Waals surface area contributed by atoms with Crippen LogP contribution in [-0.4, -0.2) is 17.8 Å². The average Bonchev–Trinajstić information content (AvgIpc) is 2.47. The largest absolute Gasteiger partial charge is 0.411 e. The Morgan fingerprint density at radius 1 is 1.09 bits per heavy atom. The summed E-state index contributed by atoms with van der Waals surface area (Å²) in [5.41, 5.74) is 3.69. The molecule has 0 amide bonds. The second-order valence-corrected chi connectivity index (χ2v) is 5.43. The summed E-state index contributed by atoms with van der Waals surface area (Å²) in [6, 6.07) is 11.7. The van der Waals surface area contributed by atoms with Gasteiger partial charge in [-0.15, -0.1) is 0 Å². The van der Waals surface area contributed by atoms with Gasteiger partial charge in [0, 0.05) is 11.8 Å². The lowest BCUT2D eigenvalue weighted by Crippen LogP contribution is -2.16. The van der Waals surface area contributed by atoms with Crippen LogP contribution in [0.15, 0.2) is 42.6 Å². The molecule has 1 aromatic heterocycles. The zero-order valence-corrected chi connectivity index (χ0v) is 12.5. The lowest BCUT2D eigenvalue weighted by molar-refractivity contribution is -0.176. The molecule has 0 saturated heterocycles. The molecule has 0 aliphatic rings. The van der Waals surface area contributed by atoms with Gasteiger partial charge >= 0.3 is 6.18 Å².